The van der Waals surface area contributed by atoms with Crippen LogP contribution in [-0.4, -0.2) is 28.9 Å². The molecule has 0 atom stereocenters. The van der Waals surface area contributed by atoms with Gasteiger partial charge in [-0.25, -0.2) is 4.39 Å². The fraction of sp³-hybridized carbons (Fsp3) is 0.231. The molecule has 1 aromatic carbocycles. The normalized spacial score (nSPS) is 14.6. The van der Waals surface area contributed by atoms with Crippen molar-refractivity contribution in [3.05, 3.63) is 46.1 Å². The first-order valence-electron chi connectivity index (χ1n) is 5.77. The van der Waals surface area contributed by atoms with Crippen LogP contribution in [0.2, 0.25) is 0 Å². The third kappa shape index (κ3) is 1.68. The number of amides is 1. The van der Waals surface area contributed by atoms with E-state index >= 15 is 0 Å². The van der Waals surface area contributed by atoms with E-state index in [-0.39, 0.29) is 17.2 Å². The minimum Gasteiger partial charge on any atom is -0.337 e. The van der Waals surface area contributed by atoms with Crippen LogP contribution in [-0.2, 0) is 0 Å². The number of carbonyl (C=O) groups excluding carboxylic acids is 1. The molecular formula is C13H11FN2O2. The monoisotopic (exact) mass is 246 g/mol. The molecule has 1 saturated heterocycles. The molecule has 2 aromatic rings. The molecular weight excluding hydrogens is 235 g/mol. The Labute approximate surface area is 102 Å². The van der Waals surface area contributed by atoms with Crippen molar-refractivity contribution < 1.29 is 9.18 Å². The van der Waals surface area contributed by atoms with Crippen molar-refractivity contribution in [2.45, 2.75) is 6.42 Å². The second-order valence-corrected chi connectivity index (χ2v) is 4.39. The number of halogens is 1. The Balaban J connectivity index is 2.13. The Morgan fingerprint density at radius 2 is 2.06 bits per heavy atom. The van der Waals surface area contributed by atoms with Gasteiger partial charge in [0.2, 0.25) is 0 Å². The summed E-state index contributed by atoms with van der Waals surface area (Å²) in [6.07, 6.45) is 0.984. The Hall–Kier alpha value is -2.17. The Morgan fingerprint density at radius 3 is 2.72 bits per heavy atom. The van der Waals surface area contributed by atoms with Crippen LogP contribution in [0.15, 0.2) is 29.1 Å². The molecule has 0 saturated carbocycles. The minimum absolute atomic E-state index is 0.204. The van der Waals surface area contributed by atoms with E-state index in [1.165, 1.54) is 24.3 Å². The number of aromatic nitrogens is 1. The van der Waals surface area contributed by atoms with Gasteiger partial charge < -0.3 is 9.88 Å². The SMILES string of the molecule is O=C(c1cc2cc(F)ccc2c(=O)[nH]1)N1CCC1. The van der Waals surface area contributed by atoms with E-state index in [0.717, 1.165) is 6.42 Å². The summed E-state index contributed by atoms with van der Waals surface area (Å²) in [5.41, 5.74) is -0.144. The fourth-order valence-corrected chi connectivity index (χ4v) is 2.05. The molecule has 18 heavy (non-hydrogen) atoms. The lowest BCUT2D eigenvalue weighted by atomic mass is 10.1. The van der Waals surface area contributed by atoms with E-state index in [4.69, 9.17) is 0 Å². The molecule has 5 heteroatoms. The first-order valence-corrected chi connectivity index (χ1v) is 5.77. The van der Waals surface area contributed by atoms with Crippen LogP contribution in [0.25, 0.3) is 10.8 Å². The largest absolute Gasteiger partial charge is 0.337 e. The second kappa shape index (κ2) is 3.94. The molecule has 1 aliphatic heterocycles. The molecule has 1 fully saturated rings. The van der Waals surface area contributed by atoms with Crippen LogP contribution in [0.5, 0.6) is 0 Å². The van der Waals surface area contributed by atoms with Crippen molar-refractivity contribution in [1.29, 1.82) is 0 Å². The maximum atomic E-state index is 13.1. The number of aromatic amines is 1. The summed E-state index contributed by atoms with van der Waals surface area (Å²) in [7, 11) is 0. The first-order chi connectivity index (χ1) is 8.65. The number of carbonyl (C=O) groups is 1. The van der Waals surface area contributed by atoms with Crippen LogP contribution < -0.4 is 5.56 Å². The minimum atomic E-state index is -0.421. The van der Waals surface area contributed by atoms with Crippen LogP contribution in [0.1, 0.15) is 16.9 Å². The van der Waals surface area contributed by atoms with E-state index in [9.17, 15) is 14.0 Å². The van der Waals surface area contributed by atoms with Gasteiger partial charge in [-0.15, -0.1) is 0 Å². The third-order valence-electron chi connectivity index (χ3n) is 3.18. The quantitative estimate of drug-likeness (QED) is 0.829. The number of pyridine rings is 1. The number of hydrogen-bond acceptors (Lipinski definition) is 2. The van der Waals surface area contributed by atoms with Crippen molar-refractivity contribution in [3.63, 3.8) is 0 Å². The van der Waals surface area contributed by atoms with Crippen molar-refractivity contribution >= 4 is 16.7 Å². The van der Waals surface area contributed by atoms with Gasteiger partial charge >= 0.3 is 0 Å². The summed E-state index contributed by atoms with van der Waals surface area (Å²) >= 11 is 0. The van der Waals surface area contributed by atoms with Crippen LogP contribution in [0, 0.1) is 5.82 Å². The standard InChI is InChI=1S/C13H11FN2O2/c14-9-2-3-10-8(6-9)7-11(15-12(10)17)13(18)16-4-1-5-16/h2-3,6-7H,1,4-5H2,(H,15,17). The van der Waals surface area contributed by atoms with Crippen molar-refractivity contribution in [2.75, 3.05) is 13.1 Å². The zero-order chi connectivity index (χ0) is 12.7. The topological polar surface area (TPSA) is 53.2 Å². The molecule has 0 aliphatic carbocycles. The number of nitrogens with zero attached hydrogens (tertiary/aromatic N) is 1. The fourth-order valence-electron chi connectivity index (χ4n) is 2.05. The highest BCUT2D eigenvalue weighted by Gasteiger charge is 2.22. The Kier molecular flexibility index (Phi) is 2.40. The zero-order valence-electron chi connectivity index (χ0n) is 9.57. The van der Waals surface area contributed by atoms with Crippen LogP contribution >= 0.6 is 0 Å². The summed E-state index contributed by atoms with van der Waals surface area (Å²) < 4.78 is 13.1. The lowest BCUT2D eigenvalue weighted by Gasteiger charge is -2.30. The lowest BCUT2D eigenvalue weighted by Crippen LogP contribution is -2.42. The molecule has 0 radical (unpaired) electrons. The van der Waals surface area contributed by atoms with Crippen molar-refractivity contribution in [2.24, 2.45) is 0 Å². The number of likely N-dealkylation sites (tertiary alicyclic amines) is 1. The summed E-state index contributed by atoms with van der Waals surface area (Å²) in [6.45, 7) is 1.42. The van der Waals surface area contributed by atoms with Gasteiger partial charge in [0.1, 0.15) is 11.5 Å². The molecule has 0 spiro atoms. The average Bonchev–Trinajstić information content (AvgIpc) is 2.25. The smallest absolute Gasteiger partial charge is 0.270 e. The lowest BCUT2D eigenvalue weighted by molar-refractivity contribution is 0.0645. The average molecular weight is 246 g/mol. The predicted octanol–water partition coefficient (Wildman–Crippen LogP) is 1.51. The Bertz CT molecular complexity index is 689. The van der Waals surface area contributed by atoms with Gasteiger partial charge in [0.05, 0.1) is 0 Å². The number of H-pyrrole nitrogens is 1. The van der Waals surface area contributed by atoms with E-state index in [0.29, 0.717) is 23.9 Å². The number of benzene rings is 1. The highest BCUT2D eigenvalue weighted by Crippen LogP contribution is 2.15. The highest BCUT2D eigenvalue weighted by atomic mass is 19.1. The molecule has 2 heterocycles. The number of hydrogen-bond donors (Lipinski definition) is 1. The molecule has 1 aliphatic rings. The van der Waals surface area contributed by atoms with Gasteiger partial charge in [-0.2, -0.15) is 0 Å². The number of rotatable bonds is 1. The van der Waals surface area contributed by atoms with Crippen molar-refractivity contribution in [3.8, 4) is 0 Å². The summed E-state index contributed by atoms with van der Waals surface area (Å²) in [5, 5.41) is 0.833. The van der Waals surface area contributed by atoms with Gasteiger partial charge in [-0.05, 0) is 36.1 Å². The maximum absolute atomic E-state index is 13.1. The van der Waals surface area contributed by atoms with E-state index in [1.807, 2.05) is 0 Å². The molecule has 3 rings (SSSR count). The molecule has 1 aromatic heterocycles. The van der Waals surface area contributed by atoms with Crippen LogP contribution in [0.3, 0.4) is 0 Å². The van der Waals surface area contributed by atoms with Crippen molar-refractivity contribution in [1.82, 2.24) is 9.88 Å². The molecule has 1 N–H and O–H groups in total. The van der Waals surface area contributed by atoms with Gasteiger partial charge in [-0.1, -0.05) is 0 Å². The zero-order valence-corrected chi connectivity index (χ0v) is 9.57. The van der Waals surface area contributed by atoms with Gasteiger partial charge in [0.25, 0.3) is 11.5 Å². The molecule has 4 nitrogen and oxygen atoms in total. The van der Waals surface area contributed by atoms with E-state index in [1.54, 1.807) is 4.90 Å². The van der Waals surface area contributed by atoms with Gasteiger partial charge in [-0.3, -0.25) is 9.59 Å². The van der Waals surface area contributed by atoms with Gasteiger partial charge in [0.15, 0.2) is 0 Å². The molecule has 1 amide bonds. The summed E-state index contributed by atoms with van der Waals surface area (Å²) in [6, 6.07) is 5.44. The van der Waals surface area contributed by atoms with Gasteiger partial charge in [0, 0.05) is 18.5 Å². The Morgan fingerprint density at radius 1 is 1.28 bits per heavy atom. The summed E-state index contributed by atoms with van der Waals surface area (Å²) in [5.74, 6) is -0.625. The highest BCUT2D eigenvalue weighted by molar-refractivity contribution is 5.96. The molecule has 0 bridgehead atoms. The second-order valence-electron chi connectivity index (χ2n) is 4.39. The maximum Gasteiger partial charge on any atom is 0.270 e. The van der Waals surface area contributed by atoms with E-state index < -0.39 is 5.82 Å². The predicted molar refractivity (Wildman–Crippen MR) is 65.0 cm³/mol. The third-order valence-corrected chi connectivity index (χ3v) is 3.18. The number of nitrogens with one attached hydrogen (secondary N) is 1. The molecule has 92 valence electrons. The first kappa shape index (κ1) is 11.0. The van der Waals surface area contributed by atoms with E-state index in [2.05, 4.69) is 4.98 Å². The molecule has 0 unspecified atom stereocenters. The van der Waals surface area contributed by atoms with Crippen LogP contribution in [0.4, 0.5) is 4.39 Å². The summed E-state index contributed by atoms with van der Waals surface area (Å²) in [4.78, 5) is 28.0. The number of fused-ring (bicyclic) bond motifs is 1.